The number of carboxylic acids is 1. The highest BCUT2D eigenvalue weighted by atomic mass is 16.5. The molecule has 0 spiro atoms. The summed E-state index contributed by atoms with van der Waals surface area (Å²) in [5.41, 5.74) is -0.537. The number of ether oxygens (including phenoxy) is 1. The van der Waals surface area contributed by atoms with E-state index in [1.807, 2.05) is 0 Å². The molecule has 6 heteroatoms. The van der Waals surface area contributed by atoms with E-state index in [9.17, 15) is 9.59 Å². The Bertz CT molecular complexity index is 248. The highest BCUT2D eigenvalue weighted by Crippen LogP contribution is 2.19. The number of carboxylic acid groups (broad SMARTS) is 1. The smallest absolute Gasteiger partial charge is 0.326 e. The molecule has 0 aromatic carbocycles. The van der Waals surface area contributed by atoms with Crippen LogP contribution in [0.3, 0.4) is 0 Å². The second-order valence-corrected chi connectivity index (χ2v) is 4.53. The number of carbonyl (C=O) groups is 2. The molecule has 2 amide bonds. The van der Waals surface area contributed by atoms with Gasteiger partial charge in [0.25, 0.3) is 0 Å². The van der Waals surface area contributed by atoms with Crippen molar-refractivity contribution in [2.45, 2.75) is 26.8 Å². The Morgan fingerprint density at radius 2 is 1.94 bits per heavy atom. The molecule has 0 aliphatic rings. The normalized spacial score (nSPS) is 13.0. The van der Waals surface area contributed by atoms with Crippen molar-refractivity contribution in [1.29, 1.82) is 0 Å². The van der Waals surface area contributed by atoms with E-state index in [-0.39, 0.29) is 0 Å². The zero-order valence-corrected chi connectivity index (χ0v) is 10.2. The van der Waals surface area contributed by atoms with Gasteiger partial charge in [-0.05, 0) is 5.41 Å². The lowest BCUT2D eigenvalue weighted by Crippen LogP contribution is -2.52. The maximum atomic E-state index is 11.3. The minimum atomic E-state index is -1.05. The summed E-state index contributed by atoms with van der Waals surface area (Å²) in [5, 5.41) is 13.9. The summed E-state index contributed by atoms with van der Waals surface area (Å²) in [4.78, 5) is 22.3. The van der Waals surface area contributed by atoms with Crippen LogP contribution in [0.5, 0.6) is 0 Å². The maximum Gasteiger partial charge on any atom is 0.326 e. The Labute approximate surface area is 95.4 Å². The van der Waals surface area contributed by atoms with Crippen LogP contribution in [0.4, 0.5) is 4.79 Å². The van der Waals surface area contributed by atoms with E-state index in [0.717, 1.165) is 0 Å². The van der Waals surface area contributed by atoms with Gasteiger partial charge in [0.1, 0.15) is 6.04 Å². The van der Waals surface area contributed by atoms with Crippen LogP contribution in [0.25, 0.3) is 0 Å². The number of urea groups is 1. The monoisotopic (exact) mass is 232 g/mol. The Kier molecular flexibility index (Phi) is 5.81. The topological polar surface area (TPSA) is 87.7 Å². The molecule has 0 aromatic heterocycles. The standard InChI is InChI=1S/C10H20N2O4/c1-10(2,3)7(8(13)14)12-9(15)11-5-6-16-4/h7H,5-6H2,1-4H3,(H,13,14)(H2,11,12,15)/t7-/m0/s1. The molecule has 3 N–H and O–H groups in total. The predicted molar refractivity (Wildman–Crippen MR) is 59.3 cm³/mol. The van der Waals surface area contributed by atoms with Crippen molar-refractivity contribution in [3.8, 4) is 0 Å². The number of hydrogen-bond acceptors (Lipinski definition) is 3. The van der Waals surface area contributed by atoms with Crippen LogP contribution in [0.1, 0.15) is 20.8 Å². The van der Waals surface area contributed by atoms with Crippen LogP contribution in [0, 0.1) is 5.41 Å². The van der Waals surface area contributed by atoms with Gasteiger partial charge in [-0.2, -0.15) is 0 Å². The number of methoxy groups -OCH3 is 1. The molecule has 0 aliphatic carbocycles. The fourth-order valence-corrected chi connectivity index (χ4v) is 1.10. The van der Waals surface area contributed by atoms with Gasteiger partial charge in [0.2, 0.25) is 0 Å². The molecule has 0 radical (unpaired) electrons. The van der Waals surface area contributed by atoms with Gasteiger partial charge in [-0.15, -0.1) is 0 Å². The minimum absolute atomic E-state index is 0.346. The van der Waals surface area contributed by atoms with Gasteiger partial charge in [0.05, 0.1) is 6.61 Å². The lowest BCUT2D eigenvalue weighted by Gasteiger charge is -2.27. The number of rotatable bonds is 5. The van der Waals surface area contributed by atoms with E-state index < -0.39 is 23.5 Å². The van der Waals surface area contributed by atoms with Gasteiger partial charge in [-0.3, -0.25) is 0 Å². The van der Waals surface area contributed by atoms with E-state index in [1.165, 1.54) is 7.11 Å². The molecular formula is C10H20N2O4. The van der Waals surface area contributed by atoms with Gasteiger partial charge < -0.3 is 20.5 Å². The summed E-state index contributed by atoms with van der Waals surface area (Å²) in [7, 11) is 1.52. The molecule has 16 heavy (non-hydrogen) atoms. The van der Waals surface area contributed by atoms with Gasteiger partial charge in [0, 0.05) is 13.7 Å². The fourth-order valence-electron chi connectivity index (χ4n) is 1.10. The van der Waals surface area contributed by atoms with Gasteiger partial charge in [-0.25, -0.2) is 9.59 Å². The molecule has 0 saturated carbocycles. The number of hydrogen-bond donors (Lipinski definition) is 3. The average Bonchev–Trinajstić information content (AvgIpc) is 2.12. The first-order chi connectivity index (χ1) is 7.29. The molecular weight excluding hydrogens is 212 g/mol. The average molecular weight is 232 g/mol. The summed E-state index contributed by atoms with van der Waals surface area (Å²) in [6.45, 7) is 5.99. The van der Waals surface area contributed by atoms with Crippen molar-refractivity contribution in [3.63, 3.8) is 0 Å². The molecule has 0 fully saturated rings. The SMILES string of the molecule is COCCNC(=O)N[C@@H](C(=O)O)C(C)(C)C. The van der Waals surface area contributed by atoms with Crippen molar-refractivity contribution in [2.24, 2.45) is 5.41 Å². The first kappa shape index (κ1) is 14.7. The summed E-state index contributed by atoms with van der Waals surface area (Å²) < 4.78 is 4.75. The van der Waals surface area contributed by atoms with E-state index >= 15 is 0 Å². The molecule has 94 valence electrons. The van der Waals surface area contributed by atoms with Crippen LogP contribution >= 0.6 is 0 Å². The van der Waals surface area contributed by atoms with Crippen LogP contribution in [0.15, 0.2) is 0 Å². The number of carbonyl (C=O) groups excluding carboxylic acids is 1. The highest BCUT2D eigenvalue weighted by molar-refractivity contribution is 5.83. The summed E-state index contributed by atoms with van der Waals surface area (Å²) in [6.07, 6.45) is 0. The molecule has 0 bridgehead atoms. The predicted octanol–water partition coefficient (Wildman–Crippen LogP) is 0.431. The zero-order chi connectivity index (χ0) is 12.8. The van der Waals surface area contributed by atoms with Gasteiger partial charge >= 0.3 is 12.0 Å². The fraction of sp³-hybridized carbons (Fsp3) is 0.800. The molecule has 6 nitrogen and oxygen atoms in total. The van der Waals surface area contributed by atoms with Crippen molar-refractivity contribution >= 4 is 12.0 Å². The van der Waals surface area contributed by atoms with E-state index in [4.69, 9.17) is 9.84 Å². The Morgan fingerprint density at radius 3 is 2.31 bits per heavy atom. The highest BCUT2D eigenvalue weighted by Gasteiger charge is 2.32. The van der Waals surface area contributed by atoms with Crippen LogP contribution < -0.4 is 10.6 Å². The van der Waals surface area contributed by atoms with E-state index in [0.29, 0.717) is 13.2 Å². The van der Waals surface area contributed by atoms with Gasteiger partial charge in [0.15, 0.2) is 0 Å². The molecule has 0 aliphatic heterocycles. The molecule has 0 aromatic rings. The first-order valence-corrected chi connectivity index (χ1v) is 5.05. The number of amides is 2. The third-order valence-corrected chi connectivity index (χ3v) is 1.98. The third-order valence-electron chi connectivity index (χ3n) is 1.98. The molecule has 0 unspecified atom stereocenters. The maximum absolute atomic E-state index is 11.3. The lowest BCUT2D eigenvalue weighted by atomic mass is 9.87. The third kappa shape index (κ3) is 5.55. The molecule has 0 heterocycles. The van der Waals surface area contributed by atoms with Crippen molar-refractivity contribution < 1.29 is 19.4 Å². The van der Waals surface area contributed by atoms with Crippen molar-refractivity contribution in [3.05, 3.63) is 0 Å². The minimum Gasteiger partial charge on any atom is -0.480 e. The quantitative estimate of drug-likeness (QED) is 0.600. The number of aliphatic carboxylic acids is 1. The Hall–Kier alpha value is -1.30. The van der Waals surface area contributed by atoms with E-state index in [2.05, 4.69) is 10.6 Å². The number of nitrogens with one attached hydrogen (secondary N) is 2. The largest absolute Gasteiger partial charge is 0.480 e. The van der Waals surface area contributed by atoms with Crippen molar-refractivity contribution in [1.82, 2.24) is 10.6 Å². The lowest BCUT2D eigenvalue weighted by molar-refractivity contribution is -0.141. The summed E-state index contributed by atoms with van der Waals surface area (Å²) in [6, 6.07) is -1.42. The summed E-state index contributed by atoms with van der Waals surface area (Å²) in [5.74, 6) is -1.05. The van der Waals surface area contributed by atoms with Crippen LogP contribution in [0.2, 0.25) is 0 Å². The second-order valence-electron chi connectivity index (χ2n) is 4.53. The molecule has 1 atom stereocenters. The van der Waals surface area contributed by atoms with E-state index in [1.54, 1.807) is 20.8 Å². The Morgan fingerprint density at radius 1 is 1.38 bits per heavy atom. The summed E-state index contributed by atoms with van der Waals surface area (Å²) >= 11 is 0. The Balaban J connectivity index is 4.21. The molecule has 0 saturated heterocycles. The van der Waals surface area contributed by atoms with Crippen LogP contribution in [-0.2, 0) is 9.53 Å². The van der Waals surface area contributed by atoms with Gasteiger partial charge in [-0.1, -0.05) is 20.8 Å². The molecule has 0 rings (SSSR count). The zero-order valence-electron chi connectivity index (χ0n) is 10.2. The first-order valence-electron chi connectivity index (χ1n) is 5.05. The second kappa shape index (κ2) is 6.32. The van der Waals surface area contributed by atoms with Crippen molar-refractivity contribution in [2.75, 3.05) is 20.3 Å². The van der Waals surface area contributed by atoms with Crippen LogP contribution in [-0.4, -0.2) is 43.4 Å².